The molecule has 6 rings (SSSR count). The minimum Gasteiger partial charge on any atom is -0.444 e. The summed E-state index contributed by atoms with van der Waals surface area (Å²) in [7, 11) is 0. The number of hydrogen-bond donors (Lipinski definition) is 2. The van der Waals surface area contributed by atoms with E-state index in [1.54, 1.807) is 27.0 Å². The van der Waals surface area contributed by atoms with Crippen molar-refractivity contribution in [2.45, 2.75) is 86.5 Å². The average Bonchev–Trinajstić information content (AvgIpc) is 3.23. The van der Waals surface area contributed by atoms with Crippen LogP contribution in [0.3, 0.4) is 0 Å². The van der Waals surface area contributed by atoms with Gasteiger partial charge < -0.3 is 49.8 Å². The zero-order valence-corrected chi connectivity index (χ0v) is 40.3. The summed E-state index contributed by atoms with van der Waals surface area (Å²) >= 11 is 3.06. The van der Waals surface area contributed by atoms with Crippen molar-refractivity contribution in [3.63, 3.8) is 0 Å². The molecule has 0 saturated carbocycles. The molecule has 0 aliphatic carbocycles. The van der Waals surface area contributed by atoms with Crippen molar-refractivity contribution < 1.29 is 38.4 Å². The summed E-state index contributed by atoms with van der Waals surface area (Å²) in [4.78, 5) is 76.5. The van der Waals surface area contributed by atoms with Crippen molar-refractivity contribution in [3.8, 4) is 0 Å². The van der Waals surface area contributed by atoms with Gasteiger partial charge in [0.25, 0.3) is 11.4 Å². The minimum absolute atomic E-state index is 0. The second-order valence-electron chi connectivity index (χ2n) is 17.8. The number of piperazine rings is 3. The van der Waals surface area contributed by atoms with Crippen molar-refractivity contribution >= 4 is 62.9 Å². The molecule has 0 atom stereocenters. The molecule has 3 fully saturated rings. The number of anilines is 3. The fourth-order valence-corrected chi connectivity index (χ4v) is 6.03. The molecule has 0 radical (unpaired) electrons. The Hall–Kier alpha value is -6.10. The highest BCUT2D eigenvalue weighted by molar-refractivity contribution is 9.10. The lowest BCUT2D eigenvalue weighted by molar-refractivity contribution is -0.385. The Balaban J connectivity index is 0.000000313. The predicted octanol–water partition coefficient (Wildman–Crippen LogP) is 6.98. The van der Waals surface area contributed by atoms with Gasteiger partial charge in [-0.25, -0.2) is 29.3 Å². The van der Waals surface area contributed by atoms with Gasteiger partial charge in [0.2, 0.25) is 0 Å². The first-order valence-corrected chi connectivity index (χ1v) is 21.8. The molecule has 0 aromatic carbocycles. The molecular weight excluding hydrogens is 924 g/mol. The van der Waals surface area contributed by atoms with Crippen LogP contribution in [0.1, 0.15) is 69.7 Å². The average molecular weight is 992 g/mol. The topological polar surface area (TPSA) is 258 Å². The molecule has 3 saturated heterocycles. The van der Waals surface area contributed by atoms with E-state index in [1.165, 1.54) is 30.6 Å². The van der Waals surface area contributed by atoms with Crippen LogP contribution in [-0.2, 0) is 14.2 Å². The molecule has 3 aliphatic rings. The second-order valence-corrected chi connectivity index (χ2v) is 18.6. The Labute approximate surface area is 395 Å². The largest absolute Gasteiger partial charge is 0.444 e. The summed E-state index contributed by atoms with van der Waals surface area (Å²) in [5.41, 5.74) is 4.91. The number of aromatic nitrogens is 3. The highest BCUT2D eigenvalue weighted by atomic mass is 79.9. The smallest absolute Gasteiger partial charge is 0.410 e. The molecule has 3 aromatic rings. The molecule has 0 bridgehead atoms. The summed E-state index contributed by atoms with van der Waals surface area (Å²) in [6, 6.07) is 9.71. The first kappa shape index (κ1) is 56.0. The Bertz CT molecular complexity index is 1990. The number of carbonyl (C=O) groups excluding carboxylic acids is 3. The molecule has 3 N–H and O–H groups in total. The van der Waals surface area contributed by atoms with Crippen LogP contribution in [0.5, 0.6) is 0 Å². The maximum absolute atomic E-state index is 12.0. The van der Waals surface area contributed by atoms with Crippen molar-refractivity contribution in [1.82, 2.24) is 35.0 Å². The van der Waals surface area contributed by atoms with Gasteiger partial charge in [0.1, 0.15) is 45.4 Å². The van der Waals surface area contributed by atoms with Gasteiger partial charge in [-0.3, -0.25) is 20.2 Å². The van der Waals surface area contributed by atoms with Crippen LogP contribution in [0, 0.1) is 20.2 Å². The lowest BCUT2D eigenvalue weighted by Gasteiger charge is -2.36. The van der Waals surface area contributed by atoms with E-state index in [4.69, 9.17) is 19.9 Å². The van der Waals surface area contributed by atoms with E-state index in [9.17, 15) is 34.6 Å². The van der Waals surface area contributed by atoms with E-state index in [1.807, 2.05) is 79.3 Å². The normalized spacial score (nSPS) is 15.2. The number of nitro groups is 2. The summed E-state index contributed by atoms with van der Waals surface area (Å²) in [5.74, 6) is 1.57. The number of rotatable bonds is 4. The van der Waals surface area contributed by atoms with Gasteiger partial charge in [-0.15, -0.1) is 0 Å². The van der Waals surface area contributed by atoms with E-state index in [2.05, 4.69) is 41.1 Å². The van der Waals surface area contributed by atoms with Gasteiger partial charge in [0, 0.05) is 90.7 Å². The summed E-state index contributed by atoms with van der Waals surface area (Å²) < 4.78 is 16.5. The molecule has 3 amide bonds. The SMILES string of the molecule is C.CC(C)(C)OC(=O)N1CCN(c2ccc(N)cn2)CC1.CC(C)(C)OC(=O)N1CCN(c2ccc([N+](=O)[O-])cn2)CC1.CC(C)(C)OC(=O)N1CCNCC1.O=[N+]([O-])c1ccc(Br)nc1. The number of nitrogens with two attached hydrogens (primary N) is 1. The number of carbonyl (C=O) groups is 3. The lowest BCUT2D eigenvalue weighted by atomic mass is 10.2. The standard InChI is InChI=1S/C14H20N4O4.C14H22N4O2.C9H18N2O2.C5H3BrN2O2.CH4/c1-14(2,3)22-13(19)17-8-6-16(7-9-17)12-5-4-11(10-15-12)18(20)21;1-14(2,3)20-13(19)18-8-6-17(7-9-18)12-5-4-11(15)10-16-12;1-9(2,3)13-8(12)11-6-4-10-5-7-11;6-5-2-1-4(3-7-5)8(9)10;/h4-5,10H,6-9H2,1-3H3;4-5,10H,6-9,15H2,1-3H3;10H,4-7H2,1-3H3;1-3H;1H4. The first-order valence-electron chi connectivity index (χ1n) is 21.0. The Morgan fingerprint density at radius 3 is 1.23 bits per heavy atom. The van der Waals surface area contributed by atoms with Crippen LogP contribution in [-0.4, -0.2) is 153 Å². The molecule has 3 aromatic heterocycles. The number of nitrogen functional groups attached to an aromatic ring is 1. The van der Waals surface area contributed by atoms with Crippen molar-refractivity contribution in [3.05, 3.63) is 79.8 Å². The molecule has 0 spiro atoms. The number of nitrogens with zero attached hydrogens (tertiary/aromatic N) is 10. The van der Waals surface area contributed by atoms with E-state index in [-0.39, 0.29) is 42.7 Å². The zero-order valence-electron chi connectivity index (χ0n) is 38.7. The van der Waals surface area contributed by atoms with Gasteiger partial charge in [0.05, 0.1) is 21.7 Å². The minimum atomic E-state index is -0.506. The lowest BCUT2D eigenvalue weighted by Crippen LogP contribution is -2.50. The van der Waals surface area contributed by atoms with Crippen LogP contribution in [0.4, 0.5) is 43.1 Å². The predicted molar refractivity (Wildman–Crippen MR) is 256 cm³/mol. The highest BCUT2D eigenvalue weighted by Gasteiger charge is 2.28. The number of halogens is 1. The van der Waals surface area contributed by atoms with E-state index in [0.29, 0.717) is 55.4 Å². The Morgan fingerprint density at radius 2 is 0.924 bits per heavy atom. The quantitative estimate of drug-likeness (QED) is 0.116. The van der Waals surface area contributed by atoms with E-state index >= 15 is 0 Å². The van der Waals surface area contributed by atoms with Crippen molar-refractivity contribution in [2.24, 2.45) is 0 Å². The second kappa shape index (κ2) is 25.6. The molecule has 23 heteroatoms. The molecule has 6 heterocycles. The van der Waals surface area contributed by atoms with Crippen molar-refractivity contribution in [2.75, 3.05) is 94.1 Å². The number of pyridine rings is 3. The Morgan fingerprint density at radius 1 is 0.576 bits per heavy atom. The van der Waals surface area contributed by atoms with Gasteiger partial charge in [0.15, 0.2) is 0 Å². The van der Waals surface area contributed by atoms with Crippen LogP contribution in [0.2, 0.25) is 0 Å². The third-order valence-electron chi connectivity index (χ3n) is 8.92. The first-order chi connectivity index (χ1) is 30.3. The number of ether oxygens (including phenoxy) is 3. The third kappa shape index (κ3) is 20.8. The molecule has 66 heavy (non-hydrogen) atoms. The van der Waals surface area contributed by atoms with E-state index in [0.717, 1.165) is 45.1 Å². The molecule has 22 nitrogen and oxygen atoms in total. The summed E-state index contributed by atoms with van der Waals surface area (Å²) in [6.45, 7) is 25.1. The van der Waals surface area contributed by atoms with Crippen LogP contribution >= 0.6 is 15.9 Å². The van der Waals surface area contributed by atoms with Crippen LogP contribution < -0.4 is 20.9 Å². The fourth-order valence-electron chi connectivity index (χ4n) is 5.80. The van der Waals surface area contributed by atoms with Crippen LogP contribution in [0.25, 0.3) is 0 Å². The monoisotopic (exact) mass is 990 g/mol. The van der Waals surface area contributed by atoms with Crippen LogP contribution in [0.15, 0.2) is 59.6 Å². The summed E-state index contributed by atoms with van der Waals surface area (Å²) in [5, 5.41) is 23.9. The zero-order chi connectivity index (χ0) is 48.5. The number of hydrogen-bond acceptors (Lipinski definition) is 17. The maximum atomic E-state index is 12.0. The molecular formula is C43H67BrN12O10. The molecule has 366 valence electrons. The van der Waals surface area contributed by atoms with Gasteiger partial charge in [-0.2, -0.15) is 0 Å². The van der Waals surface area contributed by atoms with Crippen molar-refractivity contribution in [1.29, 1.82) is 0 Å². The van der Waals surface area contributed by atoms with Gasteiger partial charge in [-0.05, 0) is 103 Å². The summed E-state index contributed by atoms with van der Waals surface area (Å²) in [6.07, 6.45) is 3.33. The maximum Gasteiger partial charge on any atom is 0.410 e. The number of nitrogens with one attached hydrogen (secondary N) is 1. The van der Waals surface area contributed by atoms with Gasteiger partial charge in [-0.1, -0.05) is 7.43 Å². The van der Waals surface area contributed by atoms with E-state index < -0.39 is 21.0 Å². The molecule has 0 unspecified atom stereocenters. The Kier molecular flexibility index (Phi) is 21.7. The van der Waals surface area contributed by atoms with Gasteiger partial charge >= 0.3 is 18.3 Å². The fraction of sp³-hybridized carbons (Fsp3) is 0.581. The number of amides is 3. The highest BCUT2D eigenvalue weighted by Crippen LogP contribution is 2.20. The molecule has 3 aliphatic heterocycles. The third-order valence-corrected chi connectivity index (χ3v) is 9.38.